The Bertz CT molecular complexity index is 1330. The summed E-state index contributed by atoms with van der Waals surface area (Å²) in [5.74, 6) is 0.647. The van der Waals surface area contributed by atoms with Gasteiger partial charge >= 0.3 is 0 Å². The number of carbonyl (C=O) groups excluding carboxylic acids is 1. The first-order chi connectivity index (χ1) is 15.8. The predicted molar refractivity (Wildman–Crippen MR) is 138 cm³/mol. The molecule has 4 rings (SSSR count). The molecule has 2 N–H and O–H groups in total. The molecule has 0 spiro atoms. The Hall–Kier alpha value is -3.22. The topological polar surface area (TPSA) is 67.2 Å². The average Bonchev–Trinajstić information content (AvgIpc) is 3.23. The molecule has 33 heavy (non-hydrogen) atoms. The molecule has 0 aliphatic rings. The number of nitrogens with one attached hydrogen (secondary N) is 2. The van der Waals surface area contributed by atoms with Gasteiger partial charge in [-0.25, -0.2) is 4.98 Å². The number of hydrogen-bond acceptors (Lipinski definition) is 4. The lowest BCUT2D eigenvalue weighted by atomic mass is 9.98. The van der Waals surface area contributed by atoms with Crippen LogP contribution in [-0.2, 0) is 0 Å². The number of anilines is 1. The number of amides is 1. The zero-order valence-electron chi connectivity index (χ0n) is 18.6. The van der Waals surface area contributed by atoms with Crippen LogP contribution in [-0.4, -0.2) is 16.0 Å². The summed E-state index contributed by atoms with van der Waals surface area (Å²) in [5.41, 5.74) is 5.66. The molecule has 1 amide bonds. The zero-order chi connectivity index (χ0) is 23.5. The molecule has 1 aromatic heterocycles. The first kappa shape index (κ1) is 23.0. The number of aromatic nitrogens is 1. The maximum absolute atomic E-state index is 12.4. The van der Waals surface area contributed by atoms with Crippen LogP contribution in [0.4, 0.5) is 5.69 Å². The molecule has 0 saturated heterocycles. The number of halogens is 1. The van der Waals surface area contributed by atoms with Gasteiger partial charge in [0.15, 0.2) is 10.7 Å². The van der Waals surface area contributed by atoms with Gasteiger partial charge in [0, 0.05) is 11.1 Å². The number of nitrogens with zero attached hydrogens (tertiary/aromatic N) is 1. The van der Waals surface area contributed by atoms with E-state index in [9.17, 15) is 4.79 Å². The molecule has 1 heterocycles. The second-order valence-electron chi connectivity index (χ2n) is 8.02. The summed E-state index contributed by atoms with van der Waals surface area (Å²) in [6.45, 7) is 6.32. The van der Waals surface area contributed by atoms with Crippen LogP contribution in [0.1, 0.15) is 47.7 Å². The summed E-state index contributed by atoms with van der Waals surface area (Å²) in [5, 5.41) is 6.28. The third kappa shape index (κ3) is 5.24. The van der Waals surface area contributed by atoms with Gasteiger partial charge in [-0.05, 0) is 79.5 Å². The largest absolute Gasteiger partial charge is 0.436 e. The van der Waals surface area contributed by atoms with Crippen LogP contribution in [0.25, 0.3) is 22.6 Å². The normalized spacial score (nSPS) is 11.9. The lowest BCUT2D eigenvalue weighted by molar-refractivity contribution is 0.0977. The number of benzene rings is 3. The highest BCUT2D eigenvalue weighted by Crippen LogP contribution is 2.31. The second kappa shape index (κ2) is 9.73. The van der Waals surface area contributed by atoms with Gasteiger partial charge in [-0.1, -0.05) is 49.2 Å². The van der Waals surface area contributed by atoms with E-state index in [-0.39, 0.29) is 11.0 Å². The lowest BCUT2D eigenvalue weighted by Gasteiger charge is -2.12. The zero-order valence-corrected chi connectivity index (χ0v) is 20.2. The smallest absolute Gasteiger partial charge is 0.257 e. The third-order valence-corrected chi connectivity index (χ3v) is 6.13. The quantitative estimate of drug-likeness (QED) is 0.300. The highest BCUT2D eigenvalue weighted by Gasteiger charge is 2.14. The van der Waals surface area contributed by atoms with Gasteiger partial charge in [-0.15, -0.1) is 0 Å². The monoisotopic (exact) mass is 477 g/mol. The van der Waals surface area contributed by atoms with Gasteiger partial charge in [-0.3, -0.25) is 10.1 Å². The molecule has 0 bridgehead atoms. The number of aryl methyl sites for hydroxylation is 1. The van der Waals surface area contributed by atoms with E-state index >= 15 is 0 Å². The maximum atomic E-state index is 12.4. The summed E-state index contributed by atoms with van der Waals surface area (Å²) in [4.78, 5) is 17.1. The van der Waals surface area contributed by atoms with Crippen molar-refractivity contribution in [2.45, 2.75) is 33.1 Å². The Morgan fingerprint density at radius 3 is 2.61 bits per heavy atom. The van der Waals surface area contributed by atoms with Crippen LogP contribution in [0.3, 0.4) is 0 Å². The maximum Gasteiger partial charge on any atom is 0.257 e. The fourth-order valence-electron chi connectivity index (χ4n) is 3.40. The standard InChI is InChI=1S/C26H24ClN3O2S/c1-4-16(3)18-10-12-23-22(13-18)28-25(32-23)19-9-11-20(27)21(14-19)29-26(33)30-24(31)17-7-5-15(2)6-8-17/h5-14,16H,4H2,1-3H3,(H2,29,30,31,33)/t16-/m0/s1. The third-order valence-electron chi connectivity index (χ3n) is 5.60. The summed E-state index contributed by atoms with van der Waals surface area (Å²) < 4.78 is 5.97. The van der Waals surface area contributed by atoms with Gasteiger partial charge in [0.25, 0.3) is 5.91 Å². The summed E-state index contributed by atoms with van der Waals surface area (Å²) in [6, 6.07) is 18.7. The Morgan fingerprint density at radius 2 is 1.88 bits per heavy atom. The molecular weight excluding hydrogens is 454 g/mol. The number of thiocarbonyl (C=S) groups is 1. The molecule has 7 heteroatoms. The van der Waals surface area contributed by atoms with E-state index in [2.05, 4.69) is 41.6 Å². The van der Waals surface area contributed by atoms with Crippen LogP contribution in [0.15, 0.2) is 65.1 Å². The second-order valence-corrected chi connectivity index (χ2v) is 8.84. The molecule has 1 atom stereocenters. The Balaban J connectivity index is 1.53. The van der Waals surface area contributed by atoms with Gasteiger partial charge in [0.1, 0.15) is 5.52 Å². The Morgan fingerprint density at radius 1 is 1.12 bits per heavy atom. The van der Waals surface area contributed by atoms with Gasteiger partial charge in [0.2, 0.25) is 5.89 Å². The minimum atomic E-state index is -0.296. The average molecular weight is 478 g/mol. The van der Waals surface area contributed by atoms with Crippen molar-refractivity contribution in [3.05, 3.63) is 82.4 Å². The molecule has 3 aromatic carbocycles. The van der Waals surface area contributed by atoms with Crippen LogP contribution >= 0.6 is 23.8 Å². The van der Waals surface area contributed by atoms with Crippen molar-refractivity contribution in [2.24, 2.45) is 0 Å². The lowest BCUT2D eigenvalue weighted by Crippen LogP contribution is -2.34. The first-order valence-corrected chi connectivity index (χ1v) is 11.5. The van der Waals surface area contributed by atoms with Gasteiger partial charge in [-0.2, -0.15) is 0 Å². The van der Waals surface area contributed by atoms with E-state index in [0.29, 0.717) is 28.1 Å². The highest BCUT2D eigenvalue weighted by atomic mass is 35.5. The minimum Gasteiger partial charge on any atom is -0.436 e. The molecular formula is C26H24ClN3O2S. The molecule has 0 saturated carbocycles. The number of oxazole rings is 1. The minimum absolute atomic E-state index is 0.149. The molecule has 5 nitrogen and oxygen atoms in total. The van der Waals surface area contributed by atoms with Crippen LogP contribution < -0.4 is 10.6 Å². The Labute approximate surface area is 203 Å². The Kier molecular flexibility index (Phi) is 6.77. The van der Waals surface area contributed by atoms with Crippen molar-refractivity contribution in [3.8, 4) is 11.5 Å². The molecule has 0 aliphatic heterocycles. The predicted octanol–water partition coefficient (Wildman–Crippen LogP) is 7.10. The molecule has 0 unspecified atom stereocenters. The molecule has 0 aliphatic carbocycles. The van der Waals surface area contributed by atoms with Crippen LogP contribution in [0, 0.1) is 6.92 Å². The van der Waals surface area contributed by atoms with Crippen molar-refractivity contribution in [2.75, 3.05) is 5.32 Å². The van der Waals surface area contributed by atoms with E-state index in [1.54, 1.807) is 24.3 Å². The number of fused-ring (bicyclic) bond motifs is 1. The number of hydrogen-bond donors (Lipinski definition) is 2. The summed E-state index contributed by atoms with van der Waals surface area (Å²) in [7, 11) is 0. The van der Waals surface area contributed by atoms with Crippen LogP contribution in [0.2, 0.25) is 5.02 Å². The van der Waals surface area contributed by atoms with Crippen molar-refractivity contribution in [1.29, 1.82) is 0 Å². The van der Waals surface area contributed by atoms with Gasteiger partial charge < -0.3 is 9.73 Å². The molecule has 168 valence electrons. The fraction of sp³-hybridized carbons (Fsp3) is 0.192. The van der Waals surface area contributed by atoms with Crippen molar-refractivity contribution in [3.63, 3.8) is 0 Å². The van der Waals surface area contributed by atoms with Crippen molar-refractivity contribution < 1.29 is 9.21 Å². The molecule has 0 radical (unpaired) electrons. The van der Waals surface area contributed by atoms with E-state index < -0.39 is 0 Å². The molecule has 0 fully saturated rings. The van der Waals surface area contributed by atoms with Crippen molar-refractivity contribution in [1.82, 2.24) is 10.3 Å². The van der Waals surface area contributed by atoms with E-state index in [0.717, 1.165) is 28.6 Å². The van der Waals surface area contributed by atoms with E-state index in [4.69, 9.17) is 28.2 Å². The van der Waals surface area contributed by atoms with Crippen molar-refractivity contribution >= 4 is 51.6 Å². The van der Waals surface area contributed by atoms with E-state index in [1.807, 2.05) is 31.2 Å². The molecule has 4 aromatic rings. The number of rotatable bonds is 5. The number of carbonyl (C=O) groups is 1. The van der Waals surface area contributed by atoms with Gasteiger partial charge in [0.05, 0.1) is 10.7 Å². The SMILES string of the molecule is CC[C@H](C)c1ccc2oc(-c3ccc(Cl)c(NC(=S)NC(=O)c4ccc(C)cc4)c3)nc2c1. The fourth-order valence-corrected chi connectivity index (χ4v) is 3.77. The van der Waals surface area contributed by atoms with E-state index in [1.165, 1.54) is 5.56 Å². The summed E-state index contributed by atoms with van der Waals surface area (Å²) in [6.07, 6.45) is 1.06. The first-order valence-electron chi connectivity index (χ1n) is 10.7. The highest BCUT2D eigenvalue weighted by molar-refractivity contribution is 7.80. The summed E-state index contributed by atoms with van der Waals surface area (Å²) >= 11 is 11.7. The van der Waals surface area contributed by atoms with Crippen LogP contribution in [0.5, 0.6) is 0 Å².